The number of nitrogens with one attached hydrogen (secondary N) is 3. The molecule has 1 amide bonds. The molecule has 2 aromatic heterocycles. The van der Waals surface area contributed by atoms with Crippen molar-refractivity contribution < 1.29 is 4.79 Å². The third-order valence-electron chi connectivity index (χ3n) is 4.64. The Morgan fingerprint density at radius 2 is 2.12 bits per heavy atom. The topological polar surface area (TPSA) is 95.6 Å². The van der Waals surface area contributed by atoms with E-state index in [0.717, 1.165) is 36.2 Å². The van der Waals surface area contributed by atoms with E-state index in [1.807, 2.05) is 18.2 Å². The normalized spacial score (nSPS) is 12.7. The molecular formula is C19H20N6O. The summed E-state index contributed by atoms with van der Waals surface area (Å²) in [6.07, 6.45) is 6.50. The minimum atomic E-state index is -0.128. The molecule has 0 bridgehead atoms. The van der Waals surface area contributed by atoms with E-state index in [1.54, 1.807) is 25.5 Å². The van der Waals surface area contributed by atoms with Crippen molar-refractivity contribution >= 4 is 11.7 Å². The molecule has 0 saturated heterocycles. The van der Waals surface area contributed by atoms with E-state index in [4.69, 9.17) is 0 Å². The van der Waals surface area contributed by atoms with E-state index in [2.05, 4.69) is 30.8 Å². The first kappa shape index (κ1) is 16.3. The van der Waals surface area contributed by atoms with Crippen molar-refractivity contribution in [1.82, 2.24) is 25.5 Å². The lowest BCUT2D eigenvalue weighted by atomic mass is 10.1. The summed E-state index contributed by atoms with van der Waals surface area (Å²) >= 11 is 0. The molecule has 7 nitrogen and oxygen atoms in total. The van der Waals surface area contributed by atoms with Crippen LogP contribution in [0.4, 0.5) is 5.82 Å². The fourth-order valence-electron chi connectivity index (χ4n) is 3.34. The second kappa shape index (κ2) is 6.95. The number of fused-ring (bicyclic) bond motifs is 1. The van der Waals surface area contributed by atoms with Crippen molar-refractivity contribution in [3.05, 3.63) is 59.2 Å². The van der Waals surface area contributed by atoms with Gasteiger partial charge >= 0.3 is 0 Å². The number of nitrogens with zero attached hydrogens (tertiary/aromatic N) is 3. The van der Waals surface area contributed by atoms with E-state index in [-0.39, 0.29) is 5.91 Å². The van der Waals surface area contributed by atoms with Gasteiger partial charge in [-0.2, -0.15) is 5.10 Å². The predicted octanol–water partition coefficient (Wildman–Crippen LogP) is 2.33. The van der Waals surface area contributed by atoms with Crippen molar-refractivity contribution in [3.63, 3.8) is 0 Å². The van der Waals surface area contributed by atoms with E-state index >= 15 is 0 Å². The molecule has 0 fully saturated rings. The van der Waals surface area contributed by atoms with Crippen molar-refractivity contribution in [2.24, 2.45) is 0 Å². The molecule has 4 rings (SSSR count). The highest BCUT2D eigenvalue weighted by Crippen LogP contribution is 2.24. The third-order valence-corrected chi connectivity index (χ3v) is 4.64. The Kier molecular flexibility index (Phi) is 4.35. The molecule has 26 heavy (non-hydrogen) atoms. The smallest absolute Gasteiger partial charge is 0.251 e. The summed E-state index contributed by atoms with van der Waals surface area (Å²) in [5.74, 6) is 0.550. The number of benzene rings is 1. The van der Waals surface area contributed by atoms with Gasteiger partial charge in [0.15, 0.2) is 5.82 Å². The van der Waals surface area contributed by atoms with Crippen molar-refractivity contribution in [1.29, 1.82) is 0 Å². The van der Waals surface area contributed by atoms with Crippen LogP contribution in [0.15, 0.2) is 36.7 Å². The van der Waals surface area contributed by atoms with Crippen LogP contribution in [-0.4, -0.2) is 33.1 Å². The molecule has 3 aromatic rings. The molecule has 2 heterocycles. The van der Waals surface area contributed by atoms with E-state index in [1.165, 1.54) is 11.3 Å². The Morgan fingerprint density at radius 1 is 1.23 bits per heavy atom. The monoisotopic (exact) mass is 348 g/mol. The molecule has 0 spiro atoms. The first-order valence-electron chi connectivity index (χ1n) is 8.68. The number of carbonyl (C=O) groups is 1. The first-order valence-corrected chi connectivity index (χ1v) is 8.68. The van der Waals surface area contributed by atoms with Gasteiger partial charge in [-0.05, 0) is 37.0 Å². The Hall–Kier alpha value is -3.22. The fourth-order valence-corrected chi connectivity index (χ4v) is 3.34. The number of amides is 1. The molecule has 0 saturated carbocycles. The van der Waals surface area contributed by atoms with Crippen LogP contribution in [0.2, 0.25) is 0 Å². The average Bonchev–Trinajstić information content (AvgIpc) is 3.30. The Labute approximate surface area is 151 Å². The van der Waals surface area contributed by atoms with Crippen molar-refractivity contribution in [2.45, 2.75) is 25.8 Å². The van der Waals surface area contributed by atoms with Gasteiger partial charge in [-0.1, -0.05) is 12.1 Å². The maximum Gasteiger partial charge on any atom is 0.251 e. The maximum absolute atomic E-state index is 12.6. The number of hydrogen-bond donors (Lipinski definition) is 3. The molecule has 132 valence electrons. The van der Waals surface area contributed by atoms with Crippen LogP contribution in [-0.2, 0) is 19.4 Å². The summed E-state index contributed by atoms with van der Waals surface area (Å²) < 4.78 is 0. The van der Waals surface area contributed by atoms with Gasteiger partial charge in [0.1, 0.15) is 5.69 Å². The fraction of sp³-hybridized carbons (Fsp3) is 0.263. The number of H-pyrrole nitrogens is 1. The van der Waals surface area contributed by atoms with Gasteiger partial charge in [0, 0.05) is 36.3 Å². The quantitative estimate of drug-likeness (QED) is 0.658. The van der Waals surface area contributed by atoms with Gasteiger partial charge in [-0.15, -0.1) is 0 Å². The second-order valence-electron chi connectivity index (χ2n) is 6.25. The van der Waals surface area contributed by atoms with Crippen LogP contribution < -0.4 is 10.6 Å². The standard InChI is InChI=1S/C19H20N6O/c1-20-18-17(21-8-9-22-18)12-4-2-5-13(10-12)19(26)23-11-16-14-6-3-7-15(14)24-25-16/h2,4-5,8-10H,3,6-7,11H2,1H3,(H,20,22)(H,23,26)(H,24,25). The Balaban J connectivity index is 1.51. The van der Waals surface area contributed by atoms with Gasteiger partial charge < -0.3 is 10.6 Å². The summed E-state index contributed by atoms with van der Waals surface area (Å²) in [4.78, 5) is 21.2. The molecule has 1 aliphatic carbocycles. The van der Waals surface area contributed by atoms with Crippen LogP contribution in [0, 0.1) is 0 Å². The molecule has 0 unspecified atom stereocenters. The second-order valence-corrected chi connectivity index (χ2v) is 6.25. The number of anilines is 1. The van der Waals surface area contributed by atoms with E-state index < -0.39 is 0 Å². The highest BCUT2D eigenvalue weighted by Gasteiger charge is 2.19. The average molecular weight is 348 g/mol. The highest BCUT2D eigenvalue weighted by atomic mass is 16.1. The number of carbonyl (C=O) groups excluding carboxylic acids is 1. The third kappa shape index (κ3) is 3.03. The highest BCUT2D eigenvalue weighted by molar-refractivity contribution is 5.95. The molecule has 1 aromatic carbocycles. The lowest BCUT2D eigenvalue weighted by molar-refractivity contribution is 0.0950. The van der Waals surface area contributed by atoms with Gasteiger partial charge in [0.2, 0.25) is 0 Å². The number of aromatic amines is 1. The summed E-state index contributed by atoms with van der Waals surface area (Å²) in [7, 11) is 1.80. The summed E-state index contributed by atoms with van der Waals surface area (Å²) in [5.41, 5.74) is 5.55. The molecule has 0 radical (unpaired) electrons. The van der Waals surface area contributed by atoms with Gasteiger partial charge in [0.05, 0.1) is 12.2 Å². The molecule has 7 heteroatoms. The van der Waals surface area contributed by atoms with Crippen LogP contribution in [0.25, 0.3) is 11.3 Å². The van der Waals surface area contributed by atoms with Gasteiger partial charge in [-0.3, -0.25) is 14.9 Å². The predicted molar refractivity (Wildman–Crippen MR) is 98.8 cm³/mol. The van der Waals surface area contributed by atoms with Crippen molar-refractivity contribution in [3.8, 4) is 11.3 Å². The Bertz CT molecular complexity index is 949. The molecular weight excluding hydrogens is 328 g/mol. The largest absolute Gasteiger partial charge is 0.371 e. The summed E-state index contributed by atoms with van der Waals surface area (Å²) in [6.45, 7) is 0.432. The van der Waals surface area contributed by atoms with Gasteiger partial charge in [-0.25, -0.2) is 4.98 Å². The maximum atomic E-state index is 12.6. The molecule has 0 atom stereocenters. The van der Waals surface area contributed by atoms with Crippen LogP contribution in [0.5, 0.6) is 0 Å². The number of rotatable bonds is 5. The SMILES string of the molecule is CNc1nccnc1-c1cccc(C(=O)NCc2n[nH]c3c2CCC3)c1. The zero-order valence-electron chi connectivity index (χ0n) is 14.5. The lowest BCUT2D eigenvalue weighted by Crippen LogP contribution is -2.23. The van der Waals surface area contributed by atoms with Crippen LogP contribution in [0.3, 0.4) is 0 Å². The minimum Gasteiger partial charge on any atom is -0.371 e. The van der Waals surface area contributed by atoms with Crippen LogP contribution >= 0.6 is 0 Å². The number of aryl methyl sites for hydroxylation is 1. The zero-order chi connectivity index (χ0) is 17.9. The summed E-state index contributed by atoms with van der Waals surface area (Å²) in [5, 5.41) is 13.4. The lowest BCUT2D eigenvalue weighted by Gasteiger charge is -2.09. The van der Waals surface area contributed by atoms with Crippen molar-refractivity contribution in [2.75, 3.05) is 12.4 Å². The summed E-state index contributed by atoms with van der Waals surface area (Å²) in [6, 6.07) is 7.39. The zero-order valence-corrected chi connectivity index (χ0v) is 14.5. The minimum absolute atomic E-state index is 0.128. The van der Waals surface area contributed by atoms with E-state index in [0.29, 0.717) is 17.9 Å². The molecule has 3 N–H and O–H groups in total. The van der Waals surface area contributed by atoms with E-state index in [9.17, 15) is 4.79 Å². The number of hydrogen-bond acceptors (Lipinski definition) is 5. The number of aromatic nitrogens is 4. The van der Waals surface area contributed by atoms with Crippen LogP contribution in [0.1, 0.15) is 33.7 Å². The molecule has 0 aliphatic heterocycles. The Morgan fingerprint density at radius 3 is 3.00 bits per heavy atom. The van der Waals surface area contributed by atoms with Gasteiger partial charge in [0.25, 0.3) is 5.91 Å². The molecule has 1 aliphatic rings. The first-order chi connectivity index (χ1) is 12.8.